The first-order chi connectivity index (χ1) is 15.6. The Bertz CT molecular complexity index is 1100. The molecular weight excluding hydrogens is 428 g/mol. The van der Waals surface area contributed by atoms with Crippen molar-refractivity contribution < 1.29 is 14.3 Å². The van der Waals surface area contributed by atoms with E-state index in [1.54, 1.807) is 23.3 Å². The highest BCUT2D eigenvalue weighted by atomic mass is 32.1. The van der Waals surface area contributed by atoms with E-state index in [-0.39, 0.29) is 11.6 Å². The zero-order valence-electron chi connectivity index (χ0n) is 18.4. The summed E-state index contributed by atoms with van der Waals surface area (Å²) in [6.07, 6.45) is 0. The van der Waals surface area contributed by atoms with Crippen LogP contribution in [-0.2, 0) is 18.3 Å². The summed E-state index contributed by atoms with van der Waals surface area (Å²) in [4.78, 5) is 29.6. The third-order valence-electron chi connectivity index (χ3n) is 5.63. The predicted molar refractivity (Wildman–Crippen MR) is 125 cm³/mol. The second kappa shape index (κ2) is 10.2. The van der Waals surface area contributed by atoms with E-state index >= 15 is 0 Å². The summed E-state index contributed by atoms with van der Waals surface area (Å²) in [6, 6.07) is 11.4. The number of imidazole rings is 1. The molecule has 0 aliphatic carbocycles. The van der Waals surface area contributed by atoms with Gasteiger partial charge in [-0.25, -0.2) is 4.79 Å². The van der Waals surface area contributed by atoms with Crippen LogP contribution in [0.25, 0.3) is 10.6 Å². The molecule has 0 unspecified atom stereocenters. The van der Waals surface area contributed by atoms with Crippen LogP contribution in [-0.4, -0.2) is 66.4 Å². The first-order valence-electron chi connectivity index (χ1n) is 10.6. The quantitative estimate of drug-likeness (QED) is 0.561. The minimum atomic E-state index is -0.243. The van der Waals surface area contributed by atoms with Crippen molar-refractivity contribution in [3.63, 3.8) is 0 Å². The van der Waals surface area contributed by atoms with Crippen molar-refractivity contribution in [3.05, 3.63) is 63.5 Å². The Labute approximate surface area is 191 Å². The second-order valence-corrected chi connectivity index (χ2v) is 8.61. The molecule has 3 heterocycles. The number of morpholine rings is 1. The standard InChI is InChI=1S/C23H28N4O4S/c1-25-20(19-4-3-15-32-19)21(22(28)24-9-10-26-11-13-31-14-12-26)27(23(25)29)16-17-5-7-18(30-2)8-6-17/h3-8,15H,9-14,16H2,1-2H3,(H,24,28). The van der Waals surface area contributed by atoms with E-state index in [1.807, 2.05) is 41.8 Å². The van der Waals surface area contributed by atoms with Gasteiger partial charge in [-0.1, -0.05) is 18.2 Å². The molecule has 1 aromatic carbocycles. The minimum Gasteiger partial charge on any atom is -0.497 e. The molecule has 1 saturated heterocycles. The Morgan fingerprint density at radius 3 is 2.59 bits per heavy atom. The monoisotopic (exact) mass is 456 g/mol. The molecule has 4 rings (SSSR count). The molecule has 0 radical (unpaired) electrons. The molecule has 8 nitrogen and oxygen atoms in total. The van der Waals surface area contributed by atoms with E-state index in [2.05, 4.69) is 10.2 Å². The highest BCUT2D eigenvalue weighted by Crippen LogP contribution is 2.28. The molecule has 9 heteroatoms. The zero-order valence-corrected chi connectivity index (χ0v) is 19.2. The number of aromatic nitrogens is 2. The van der Waals surface area contributed by atoms with Crippen molar-refractivity contribution >= 4 is 17.2 Å². The Morgan fingerprint density at radius 1 is 1.19 bits per heavy atom. The number of methoxy groups -OCH3 is 1. The van der Waals surface area contributed by atoms with Crippen molar-refractivity contribution in [3.8, 4) is 16.3 Å². The average molecular weight is 457 g/mol. The van der Waals surface area contributed by atoms with Crippen LogP contribution >= 0.6 is 11.3 Å². The summed E-state index contributed by atoms with van der Waals surface area (Å²) in [5, 5.41) is 4.97. The Kier molecular flexibility index (Phi) is 7.09. The van der Waals surface area contributed by atoms with E-state index in [0.717, 1.165) is 49.0 Å². The summed E-state index contributed by atoms with van der Waals surface area (Å²) in [5.74, 6) is 0.502. The number of nitrogens with one attached hydrogen (secondary N) is 1. The molecule has 0 spiro atoms. The maximum Gasteiger partial charge on any atom is 0.329 e. The Balaban J connectivity index is 1.62. The number of hydrogen-bond donors (Lipinski definition) is 1. The molecule has 0 atom stereocenters. The summed E-state index contributed by atoms with van der Waals surface area (Å²) in [7, 11) is 3.33. The lowest BCUT2D eigenvalue weighted by Gasteiger charge is -2.26. The van der Waals surface area contributed by atoms with Crippen molar-refractivity contribution in [2.75, 3.05) is 46.5 Å². The number of rotatable bonds is 8. The van der Waals surface area contributed by atoms with Crippen LogP contribution in [0.15, 0.2) is 46.6 Å². The van der Waals surface area contributed by atoms with Crippen molar-refractivity contribution in [1.82, 2.24) is 19.4 Å². The number of ether oxygens (including phenoxy) is 2. The lowest BCUT2D eigenvalue weighted by atomic mass is 10.2. The maximum atomic E-state index is 13.3. The van der Waals surface area contributed by atoms with E-state index in [9.17, 15) is 9.59 Å². The molecule has 1 aliphatic rings. The van der Waals surface area contributed by atoms with Gasteiger partial charge in [0.1, 0.15) is 11.4 Å². The van der Waals surface area contributed by atoms with Gasteiger partial charge < -0.3 is 14.8 Å². The van der Waals surface area contributed by atoms with Crippen molar-refractivity contribution in [2.24, 2.45) is 7.05 Å². The summed E-state index contributed by atoms with van der Waals surface area (Å²) < 4.78 is 13.7. The Hall–Kier alpha value is -2.88. The van der Waals surface area contributed by atoms with Crippen LogP contribution in [0.3, 0.4) is 0 Å². The Morgan fingerprint density at radius 2 is 1.94 bits per heavy atom. The van der Waals surface area contributed by atoms with Gasteiger partial charge >= 0.3 is 5.69 Å². The molecular formula is C23H28N4O4S. The highest BCUT2D eigenvalue weighted by molar-refractivity contribution is 7.13. The lowest BCUT2D eigenvalue weighted by Crippen LogP contribution is -2.41. The van der Waals surface area contributed by atoms with Crippen LogP contribution in [0.4, 0.5) is 0 Å². The van der Waals surface area contributed by atoms with Gasteiger partial charge in [-0.3, -0.25) is 18.8 Å². The van der Waals surface area contributed by atoms with Gasteiger partial charge in [-0.05, 0) is 29.1 Å². The van der Waals surface area contributed by atoms with E-state index in [4.69, 9.17) is 9.47 Å². The number of carbonyl (C=O) groups excluding carboxylic acids is 1. The molecule has 32 heavy (non-hydrogen) atoms. The normalized spacial score (nSPS) is 14.4. The third-order valence-corrected chi connectivity index (χ3v) is 6.51. The number of nitrogens with zero attached hydrogens (tertiary/aromatic N) is 3. The van der Waals surface area contributed by atoms with E-state index < -0.39 is 0 Å². The molecule has 0 bridgehead atoms. The summed E-state index contributed by atoms with van der Waals surface area (Å²) in [6.45, 7) is 4.72. The van der Waals surface area contributed by atoms with Gasteiger partial charge in [0.05, 0.1) is 37.4 Å². The smallest absolute Gasteiger partial charge is 0.329 e. The van der Waals surface area contributed by atoms with Crippen molar-refractivity contribution in [2.45, 2.75) is 6.54 Å². The topological polar surface area (TPSA) is 77.7 Å². The maximum absolute atomic E-state index is 13.3. The lowest BCUT2D eigenvalue weighted by molar-refractivity contribution is 0.0383. The fourth-order valence-electron chi connectivity index (χ4n) is 3.88. The number of carbonyl (C=O) groups is 1. The molecule has 170 valence electrons. The number of amides is 1. The van der Waals surface area contributed by atoms with Gasteiger partial charge in [0.2, 0.25) is 0 Å². The third kappa shape index (κ3) is 4.79. The second-order valence-electron chi connectivity index (χ2n) is 7.66. The fourth-order valence-corrected chi connectivity index (χ4v) is 4.69. The number of hydrogen-bond acceptors (Lipinski definition) is 6. The van der Waals surface area contributed by atoms with Crippen LogP contribution in [0, 0.1) is 0 Å². The van der Waals surface area contributed by atoms with Gasteiger partial charge in [-0.15, -0.1) is 11.3 Å². The van der Waals surface area contributed by atoms with Crippen LogP contribution < -0.4 is 15.7 Å². The number of benzene rings is 1. The molecule has 1 amide bonds. The van der Waals surface area contributed by atoms with Gasteiger partial charge in [0.25, 0.3) is 5.91 Å². The predicted octanol–water partition coefficient (Wildman–Crippen LogP) is 2.03. The number of thiophene rings is 1. The molecule has 1 fully saturated rings. The SMILES string of the molecule is COc1ccc(Cn2c(C(=O)NCCN3CCOCC3)c(-c3cccs3)n(C)c2=O)cc1. The molecule has 1 aliphatic heterocycles. The highest BCUT2D eigenvalue weighted by Gasteiger charge is 2.25. The van der Waals surface area contributed by atoms with Gasteiger partial charge in [0.15, 0.2) is 0 Å². The molecule has 3 aromatic rings. The first kappa shape index (κ1) is 22.3. The zero-order chi connectivity index (χ0) is 22.5. The van der Waals surface area contributed by atoms with E-state index in [0.29, 0.717) is 24.5 Å². The van der Waals surface area contributed by atoms with Crippen molar-refractivity contribution in [1.29, 1.82) is 0 Å². The van der Waals surface area contributed by atoms with Crippen LogP contribution in [0.2, 0.25) is 0 Å². The molecule has 0 saturated carbocycles. The van der Waals surface area contributed by atoms with E-state index in [1.165, 1.54) is 11.3 Å². The van der Waals surface area contributed by atoms with Crippen LogP contribution in [0.5, 0.6) is 5.75 Å². The average Bonchev–Trinajstić information content (AvgIpc) is 3.43. The van der Waals surface area contributed by atoms with Crippen LogP contribution in [0.1, 0.15) is 16.1 Å². The summed E-state index contributed by atoms with van der Waals surface area (Å²) >= 11 is 1.51. The van der Waals surface area contributed by atoms with Gasteiger partial charge in [0, 0.05) is 33.2 Å². The summed E-state index contributed by atoms with van der Waals surface area (Å²) in [5.41, 5.74) is 1.72. The first-order valence-corrected chi connectivity index (χ1v) is 11.5. The molecule has 2 aromatic heterocycles. The minimum absolute atomic E-state index is 0.220. The molecule has 1 N–H and O–H groups in total. The van der Waals surface area contributed by atoms with Gasteiger partial charge in [-0.2, -0.15) is 0 Å². The largest absolute Gasteiger partial charge is 0.497 e. The fraction of sp³-hybridized carbons (Fsp3) is 0.391.